The molecule has 1 saturated heterocycles. The fourth-order valence-electron chi connectivity index (χ4n) is 5.58. The molecule has 1 aromatic heterocycles. The fourth-order valence-corrected chi connectivity index (χ4v) is 5.58. The van der Waals surface area contributed by atoms with E-state index in [1.807, 2.05) is 60.7 Å². The minimum absolute atomic E-state index is 0.0179. The van der Waals surface area contributed by atoms with E-state index in [1.165, 1.54) is 0 Å². The van der Waals surface area contributed by atoms with Crippen LogP contribution in [-0.2, 0) is 22.4 Å². The number of methoxy groups -OCH3 is 1. The van der Waals surface area contributed by atoms with Gasteiger partial charge in [0, 0.05) is 29.6 Å². The third kappa shape index (κ3) is 3.66. The van der Waals surface area contributed by atoms with Gasteiger partial charge in [0.2, 0.25) is 11.8 Å². The van der Waals surface area contributed by atoms with Crippen molar-refractivity contribution in [3.8, 4) is 5.75 Å². The molecule has 0 spiro atoms. The first-order chi connectivity index (χ1) is 17.1. The molecule has 0 radical (unpaired) electrons. The van der Waals surface area contributed by atoms with Gasteiger partial charge in [0.1, 0.15) is 11.8 Å². The molecule has 0 aliphatic carbocycles. The number of aromatic amines is 1. The third-order valence-electron chi connectivity index (χ3n) is 7.27. The van der Waals surface area contributed by atoms with Crippen LogP contribution in [0.3, 0.4) is 0 Å². The van der Waals surface area contributed by atoms with Crippen molar-refractivity contribution in [1.29, 1.82) is 0 Å². The normalized spacial score (nSPS) is 19.6. The summed E-state index contributed by atoms with van der Waals surface area (Å²) in [6.07, 6.45) is 1.23. The summed E-state index contributed by atoms with van der Waals surface area (Å²) in [5, 5.41) is 1.11. The number of fused-ring (bicyclic) bond motifs is 4. The van der Waals surface area contributed by atoms with E-state index in [-0.39, 0.29) is 24.4 Å². The van der Waals surface area contributed by atoms with Crippen LogP contribution >= 0.6 is 0 Å². The molecule has 6 nitrogen and oxygen atoms in total. The number of aromatic nitrogens is 1. The summed E-state index contributed by atoms with van der Waals surface area (Å²) in [7, 11) is 1.64. The number of rotatable bonds is 5. The van der Waals surface area contributed by atoms with Gasteiger partial charge in [-0.3, -0.25) is 9.59 Å². The summed E-state index contributed by atoms with van der Waals surface area (Å²) >= 11 is 0. The summed E-state index contributed by atoms with van der Waals surface area (Å²) in [6, 6.07) is 25.1. The van der Waals surface area contributed by atoms with E-state index < -0.39 is 6.04 Å². The zero-order valence-electron chi connectivity index (χ0n) is 19.6. The van der Waals surface area contributed by atoms with E-state index in [0.717, 1.165) is 45.5 Å². The number of hydrogen-bond acceptors (Lipinski definition) is 3. The molecule has 3 aromatic carbocycles. The molecular weight excluding hydrogens is 438 g/mol. The van der Waals surface area contributed by atoms with Crippen molar-refractivity contribution >= 4 is 22.7 Å². The van der Waals surface area contributed by atoms with Gasteiger partial charge >= 0.3 is 0 Å². The molecule has 0 unspecified atom stereocenters. The van der Waals surface area contributed by atoms with Gasteiger partial charge in [0.05, 0.1) is 19.7 Å². The fraction of sp³-hybridized carbons (Fsp3) is 0.241. The first-order valence-corrected chi connectivity index (χ1v) is 12.0. The standard InChI is InChI=1S/C29H27N3O3/c1-35-21-11-7-10-20(16-21)28-27-23(22-12-5-6-13-24(22)30-27)17-25-29(34)31(18-26(33)32(25)28)15-14-19-8-3-2-4-9-19/h2-13,16,25,28,30H,14-15,17-18H2,1H3/t25-,28-/m0/s1. The van der Waals surface area contributed by atoms with Gasteiger partial charge < -0.3 is 19.5 Å². The molecule has 0 saturated carbocycles. The Hall–Kier alpha value is -4.06. The SMILES string of the molecule is COc1cccc([C@H]2c3[nH]c4ccccc4c3C[C@H]3C(=O)N(CCc4ccccc4)CC(=O)N23)c1. The predicted molar refractivity (Wildman–Crippen MR) is 134 cm³/mol. The lowest BCUT2D eigenvalue weighted by Crippen LogP contribution is -2.63. The van der Waals surface area contributed by atoms with E-state index in [9.17, 15) is 9.59 Å². The topological polar surface area (TPSA) is 65.6 Å². The van der Waals surface area contributed by atoms with Crippen LogP contribution in [0.4, 0.5) is 0 Å². The van der Waals surface area contributed by atoms with Crippen LogP contribution in [0, 0.1) is 0 Å². The van der Waals surface area contributed by atoms with E-state index in [0.29, 0.717) is 13.0 Å². The average molecular weight is 466 g/mol. The molecule has 1 N–H and O–H groups in total. The smallest absolute Gasteiger partial charge is 0.246 e. The Labute approximate surface area is 204 Å². The van der Waals surface area contributed by atoms with Crippen molar-refractivity contribution in [2.45, 2.75) is 24.9 Å². The highest BCUT2D eigenvalue weighted by atomic mass is 16.5. The molecule has 6 heteroatoms. The minimum Gasteiger partial charge on any atom is -0.497 e. The van der Waals surface area contributed by atoms with E-state index in [2.05, 4.69) is 23.2 Å². The highest BCUT2D eigenvalue weighted by Gasteiger charge is 2.48. The van der Waals surface area contributed by atoms with Gasteiger partial charge in [-0.05, 0) is 41.3 Å². The molecule has 2 aliphatic rings. The Balaban J connectivity index is 1.41. The Kier molecular flexibility index (Phi) is 5.29. The van der Waals surface area contributed by atoms with Crippen LogP contribution in [0.1, 0.15) is 28.4 Å². The summed E-state index contributed by atoms with van der Waals surface area (Å²) in [4.78, 5) is 34.5. The largest absolute Gasteiger partial charge is 0.497 e. The number of H-pyrrole nitrogens is 1. The van der Waals surface area contributed by atoms with Gasteiger partial charge in [0.25, 0.3) is 0 Å². The summed E-state index contributed by atoms with van der Waals surface area (Å²) in [5.74, 6) is 0.715. The number of carbonyl (C=O) groups excluding carboxylic acids is 2. The van der Waals surface area contributed by atoms with Crippen molar-refractivity contribution in [1.82, 2.24) is 14.8 Å². The highest BCUT2D eigenvalue weighted by Crippen LogP contribution is 2.43. The molecule has 2 amide bonds. The number of amides is 2. The lowest BCUT2D eigenvalue weighted by atomic mass is 9.86. The van der Waals surface area contributed by atoms with Gasteiger partial charge in [-0.15, -0.1) is 0 Å². The Bertz CT molecular complexity index is 1410. The number of nitrogens with one attached hydrogen (secondary N) is 1. The van der Waals surface area contributed by atoms with Gasteiger partial charge in [-0.1, -0.05) is 60.7 Å². The number of benzene rings is 3. The van der Waals surface area contributed by atoms with Crippen molar-refractivity contribution < 1.29 is 14.3 Å². The van der Waals surface area contributed by atoms with Gasteiger partial charge in [-0.2, -0.15) is 0 Å². The van der Waals surface area contributed by atoms with Crippen LogP contribution in [-0.4, -0.2) is 52.8 Å². The number of ether oxygens (including phenoxy) is 1. The van der Waals surface area contributed by atoms with Gasteiger partial charge in [-0.25, -0.2) is 0 Å². The molecule has 0 bridgehead atoms. The van der Waals surface area contributed by atoms with Crippen LogP contribution in [0.2, 0.25) is 0 Å². The Morgan fingerprint density at radius 1 is 0.971 bits per heavy atom. The van der Waals surface area contributed by atoms with Crippen molar-refractivity contribution in [3.05, 3.63) is 101 Å². The van der Waals surface area contributed by atoms with Crippen LogP contribution in [0.25, 0.3) is 10.9 Å². The lowest BCUT2D eigenvalue weighted by Gasteiger charge is -2.47. The van der Waals surface area contributed by atoms with Crippen molar-refractivity contribution in [2.24, 2.45) is 0 Å². The third-order valence-corrected chi connectivity index (χ3v) is 7.27. The minimum atomic E-state index is -0.532. The molecule has 4 aromatic rings. The molecule has 176 valence electrons. The second-order valence-electron chi connectivity index (χ2n) is 9.26. The molecule has 1 fully saturated rings. The molecular formula is C29H27N3O3. The average Bonchev–Trinajstić information content (AvgIpc) is 3.27. The molecule has 35 heavy (non-hydrogen) atoms. The number of piperazine rings is 1. The van der Waals surface area contributed by atoms with Crippen LogP contribution in [0.15, 0.2) is 78.9 Å². The Morgan fingerprint density at radius 2 is 1.77 bits per heavy atom. The number of carbonyl (C=O) groups is 2. The zero-order valence-corrected chi connectivity index (χ0v) is 19.6. The lowest BCUT2D eigenvalue weighted by molar-refractivity contribution is -0.158. The van der Waals surface area contributed by atoms with Gasteiger partial charge in [0.15, 0.2) is 0 Å². The molecule has 2 atom stereocenters. The monoisotopic (exact) mass is 465 g/mol. The predicted octanol–water partition coefficient (Wildman–Crippen LogP) is 4.10. The highest BCUT2D eigenvalue weighted by molar-refractivity contribution is 5.97. The molecule has 3 heterocycles. The summed E-state index contributed by atoms with van der Waals surface area (Å²) in [5.41, 5.74) is 5.20. The molecule has 2 aliphatic heterocycles. The zero-order chi connectivity index (χ0) is 23.9. The van der Waals surface area contributed by atoms with E-state index in [1.54, 1.807) is 16.9 Å². The van der Waals surface area contributed by atoms with E-state index >= 15 is 0 Å². The number of nitrogens with zero attached hydrogens (tertiary/aromatic N) is 2. The van der Waals surface area contributed by atoms with Crippen molar-refractivity contribution in [2.75, 3.05) is 20.2 Å². The quantitative estimate of drug-likeness (QED) is 0.483. The molecule has 6 rings (SSSR count). The van der Waals surface area contributed by atoms with Crippen LogP contribution < -0.4 is 4.74 Å². The summed E-state index contributed by atoms with van der Waals surface area (Å²) in [6.45, 7) is 0.627. The maximum Gasteiger partial charge on any atom is 0.246 e. The summed E-state index contributed by atoms with van der Waals surface area (Å²) < 4.78 is 5.48. The number of hydrogen-bond donors (Lipinski definition) is 1. The maximum absolute atomic E-state index is 13.8. The first kappa shape index (κ1) is 21.5. The van der Waals surface area contributed by atoms with E-state index in [4.69, 9.17) is 4.74 Å². The Morgan fingerprint density at radius 3 is 2.60 bits per heavy atom. The second-order valence-corrected chi connectivity index (χ2v) is 9.26. The first-order valence-electron chi connectivity index (χ1n) is 12.0. The van der Waals surface area contributed by atoms with Crippen molar-refractivity contribution in [3.63, 3.8) is 0 Å². The second kappa shape index (κ2) is 8.62. The number of para-hydroxylation sites is 1. The maximum atomic E-state index is 13.8. The van der Waals surface area contributed by atoms with Crippen LogP contribution in [0.5, 0.6) is 5.75 Å².